The van der Waals surface area contributed by atoms with E-state index in [2.05, 4.69) is 4.99 Å². The molecule has 2 saturated heterocycles. The third-order valence-electron chi connectivity index (χ3n) is 4.91. The first kappa shape index (κ1) is 20.4. The Morgan fingerprint density at radius 3 is 2.79 bits per heavy atom. The molecular weight excluding hydrogens is 435 g/mol. The first-order chi connectivity index (χ1) is 13.7. The van der Waals surface area contributed by atoms with Crippen LogP contribution < -0.4 is 4.90 Å². The van der Waals surface area contributed by atoms with Crippen LogP contribution in [0.1, 0.15) is 11.1 Å². The molecule has 2 fully saturated rings. The van der Waals surface area contributed by atoms with E-state index in [1.807, 2.05) is 31.2 Å². The van der Waals surface area contributed by atoms with Gasteiger partial charge in [0.15, 0.2) is 15.0 Å². The molecule has 2 atom stereocenters. The molecule has 0 radical (unpaired) electrons. The Labute approximate surface area is 177 Å². The van der Waals surface area contributed by atoms with Crippen LogP contribution in [0.3, 0.4) is 0 Å². The van der Waals surface area contributed by atoms with Crippen molar-refractivity contribution in [3.05, 3.63) is 64.4 Å². The molecule has 2 aromatic rings. The minimum atomic E-state index is -3.18. The Balaban J connectivity index is 1.66. The SMILES string of the molecule is Cc1cccc(CC(=O)N=C2S[C@H]3CS(=O)(=O)C[C@H]3N2c2ccc(F)c(Cl)c2)c1. The predicted octanol–water partition coefficient (Wildman–Crippen LogP) is 3.63. The van der Waals surface area contributed by atoms with Gasteiger partial charge in [-0.15, -0.1) is 0 Å². The minimum absolute atomic E-state index is 0.0266. The van der Waals surface area contributed by atoms with Crippen molar-refractivity contribution in [3.63, 3.8) is 0 Å². The summed E-state index contributed by atoms with van der Waals surface area (Å²) in [5, 5.41) is 0.131. The maximum atomic E-state index is 13.6. The van der Waals surface area contributed by atoms with Crippen LogP contribution in [0.4, 0.5) is 10.1 Å². The highest BCUT2D eigenvalue weighted by Gasteiger charge is 2.49. The van der Waals surface area contributed by atoms with Gasteiger partial charge in [-0.1, -0.05) is 53.2 Å². The lowest BCUT2D eigenvalue weighted by Gasteiger charge is -2.24. The number of nitrogens with zero attached hydrogens (tertiary/aromatic N) is 2. The number of aliphatic imine (C=N–C) groups is 1. The van der Waals surface area contributed by atoms with Gasteiger partial charge in [0, 0.05) is 10.9 Å². The van der Waals surface area contributed by atoms with Gasteiger partial charge in [0.1, 0.15) is 5.82 Å². The van der Waals surface area contributed by atoms with Gasteiger partial charge in [0.25, 0.3) is 5.91 Å². The van der Waals surface area contributed by atoms with E-state index in [9.17, 15) is 17.6 Å². The molecular formula is C20H18ClFN2O3S2. The maximum Gasteiger partial charge on any atom is 0.252 e. The van der Waals surface area contributed by atoms with Crippen molar-refractivity contribution >= 4 is 50.0 Å². The second kappa shape index (κ2) is 7.74. The predicted molar refractivity (Wildman–Crippen MR) is 115 cm³/mol. The first-order valence-corrected chi connectivity index (χ1v) is 12.1. The largest absolute Gasteiger partial charge is 0.316 e. The Morgan fingerprint density at radius 2 is 2.07 bits per heavy atom. The van der Waals surface area contributed by atoms with Crippen LogP contribution in [-0.4, -0.2) is 42.3 Å². The Bertz CT molecular complexity index is 1120. The fourth-order valence-electron chi connectivity index (χ4n) is 3.64. The number of benzene rings is 2. The summed E-state index contributed by atoms with van der Waals surface area (Å²) in [6.07, 6.45) is 0.150. The van der Waals surface area contributed by atoms with Crippen molar-refractivity contribution < 1.29 is 17.6 Å². The molecule has 0 unspecified atom stereocenters. The smallest absolute Gasteiger partial charge is 0.252 e. The molecule has 0 bridgehead atoms. The lowest BCUT2D eigenvalue weighted by atomic mass is 10.1. The fourth-order valence-corrected chi connectivity index (χ4v) is 7.75. The van der Waals surface area contributed by atoms with Gasteiger partial charge in [-0.25, -0.2) is 12.8 Å². The third-order valence-corrected chi connectivity index (χ3v) is 8.41. The van der Waals surface area contributed by atoms with E-state index in [0.29, 0.717) is 10.9 Å². The van der Waals surface area contributed by atoms with Gasteiger partial charge in [0.05, 0.1) is 29.0 Å². The number of hydrogen-bond acceptors (Lipinski definition) is 4. The molecule has 9 heteroatoms. The Kier molecular flexibility index (Phi) is 5.44. The molecule has 0 saturated carbocycles. The number of amides is 1. The molecule has 0 spiro atoms. The number of anilines is 1. The lowest BCUT2D eigenvalue weighted by molar-refractivity contribution is -0.117. The Morgan fingerprint density at radius 1 is 1.28 bits per heavy atom. The van der Waals surface area contributed by atoms with Crippen molar-refractivity contribution in [3.8, 4) is 0 Å². The summed E-state index contributed by atoms with van der Waals surface area (Å²) in [6.45, 7) is 1.95. The Hall–Kier alpha value is -1.90. The number of carbonyl (C=O) groups excluding carboxylic acids is 1. The molecule has 1 amide bonds. The number of thioether (sulfide) groups is 1. The summed E-state index contributed by atoms with van der Waals surface area (Å²) in [5.41, 5.74) is 2.44. The number of sulfone groups is 1. The van der Waals surface area contributed by atoms with Crippen LogP contribution >= 0.6 is 23.4 Å². The zero-order valence-corrected chi connectivity index (χ0v) is 17.9. The standard InChI is InChI=1S/C20H18ClFN2O3S2/c1-12-3-2-4-13(7-12)8-19(25)23-20-24(14-5-6-16(22)15(21)9-14)17-10-29(26,27)11-18(17)28-20/h2-7,9,17-18H,8,10-11H2,1H3/t17-,18+/m1/s1. The van der Waals surface area contributed by atoms with E-state index >= 15 is 0 Å². The van der Waals surface area contributed by atoms with Crippen LogP contribution in [-0.2, 0) is 21.1 Å². The van der Waals surface area contributed by atoms with Crippen molar-refractivity contribution in [2.24, 2.45) is 4.99 Å². The van der Waals surface area contributed by atoms with Crippen molar-refractivity contribution in [2.45, 2.75) is 24.6 Å². The molecule has 29 heavy (non-hydrogen) atoms. The lowest BCUT2D eigenvalue weighted by Crippen LogP contribution is -2.37. The number of carbonyl (C=O) groups is 1. The second-order valence-electron chi connectivity index (χ2n) is 7.22. The zero-order valence-electron chi connectivity index (χ0n) is 15.5. The van der Waals surface area contributed by atoms with Gasteiger partial charge in [-0.3, -0.25) is 4.79 Å². The number of halogens is 2. The van der Waals surface area contributed by atoms with E-state index in [-0.39, 0.29) is 40.1 Å². The number of rotatable bonds is 3. The number of hydrogen-bond donors (Lipinski definition) is 0. The van der Waals surface area contributed by atoms with Crippen LogP contribution in [0.5, 0.6) is 0 Å². The van der Waals surface area contributed by atoms with E-state index in [4.69, 9.17) is 11.6 Å². The number of amidine groups is 1. The summed E-state index contributed by atoms with van der Waals surface area (Å²) in [6, 6.07) is 11.5. The van der Waals surface area contributed by atoms with Gasteiger partial charge < -0.3 is 4.90 Å². The molecule has 0 aromatic heterocycles. The molecule has 2 aliphatic rings. The van der Waals surface area contributed by atoms with Crippen molar-refractivity contribution in [1.29, 1.82) is 0 Å². The third kappa shape index (κ3) is 4.34. The van der Waals surface area contributed by atoms with Crippen LogP contribution in [0.25, 0.3) is 0 Å². The highest BCUT2D eigenvalue weighted by Crippen LogP contribution is 2.41. The molecule has 0 N–H and O–H groups in total. The fraction of sp³-hybridized carbons (Fsp3) is 0.300. The second-order valence-corrected chi connectivity index (χ2v) is 11.0. The summed E-state index contributed by atoms with van der Waals surface area (Å²) in [7, 11) is -3.18. The number of aryl methyl sites for hydroxylation is 1. The van der Waals surface area contributed by atoms with Crippen LogP contribution in [0.2, 0.25) is 5.02 Å². The summed E-state index contributed by atoms with van der Waals surface area (Å²) in [4.78, 5) is 18.6. The summed E-state index contributed by atoms with van der Waals surface area (Å²) >= 11 is 7.21. The van der Waals surface area contributed by atoms with E-state index in [0.717, 1.165) is 11.1 Å². The molecule has 2 aliphatic heterocycles. The van der Waals surface area contributed by atoms with Gasteiger partial charge in [-0.2, -0.15) is 4.99 Å². The summed E-state index contributed by atoms with van der Waals surface area (Å²) < 4.78 is 37.8. The molecule has 2 aromatic carbocycles. The molecule has 0 aliphatic carbocycles. The normalized spacial score (nSPS) is 24.1. The van der Waals surface area contributed by atoms with Crippen LogP contribution in [0.15, 0.2) is 47.5 Å². The summed E-state index contributed by atoms with van der Waals surface area (Å²) in [5.74, 6) is -0.894. The molecule has 4 rings (SSSR count). The van der Waals surface area contributed by atoms with Gasteiger partial charge in [-0.05, 0) is 30.7 Å². The first-order valence-electron chi connectivity index (χ1n) is 9.00. The monoisotopic (exact) mass is 452 g/mol. The zero-order chi connectivity index (χ0) is 20.8. The van der Waals surface area contributed by atoms with E-state index < -0.39 is 15.7 Å². The van der Waals surface area contributed by atoms with Gasteiger partial charge in [0.2, 0.25) is 0 Å². The highest BCUT2D eigenvalue weighted by molar-refractivity contribution is 8.16. The van der Waals surface area contributed by atoms with Crippen molar-refractivity contribution in [1.82, 2.24) is 0 Å². The highest BCUT2D eigenvalue weighted by atomic mass is 35.5. The van der Waals surface area contributed by atoms with E-state index in [1.165, 1.54) is 30.0 Å². The molecule has 2 heterocycles. The molecule has 152 valence electrons. The van der Waals surface area contributed by atoms with E-state index in [1.54, 1.807) is 4.90 Å². The minimum Gasteiger partial charge on any atom is -0.316 e. The average Bonchev–Trinajstić information content (AvgIpc) is 3.08. The van der Waals surface area contributed by atoms with Crippen molar-refractivity contribution in [2.75, 3.05) is 16.4 Å². The topological polar surface area (TPSA) is 66.8 Å². The average molecular weight is 453 g/mol. The maximum absolute atomic E-state index is 13.6. The van der Waals surface area contributed by atoms with Gasteiger partial charge >= 0.3 is 0 Å². The quantitative estimate of drug-likeness (QED) is 0.711. The number of fused-ring (bicyclic) bond motifs is 1. The van der Waals surface area contributed by atoms with Crippen LogP contribution in [0, 0.1) is 12.7 Å². The molecule has 5 nitrogen and oxygen atoms in total.